The minimum absolute atomic E-state index is 0.00739. The minimum Gasteiger partial charge on any atom is -0.396 e. The first-order chi connectivity index (χ1) is 8.63. The maximum Gasteiger partial charge on any atom is 0.254 e. The van der Waals surface area contributed by atoms with Crippen LogP contribution in [0.5, 0.6) is 0 Å². The largest absolute Gasteiger partial charge is 0.396 e. The molecule has 0 bridgehead atoms. The van der Waals surface area contributed by atoms with E-state index < -0.39 is 0 Å². The molecule has 1 aromatic rings. The summed E-state index contributed by atoms with van der Waals surface area (Å²) in [4.78, 5) is 14.0. The van der Waals surface area contributed by atoms with E-state index in [1.165, 1.54) is 0 Å². The van der Waals surface area contributed by atoms with Crippen LogP contribution in [-0.2, 0) is 0 Å². The fourth-order valence-corrected chi connectivity index (χ4v) is 1.83. The molecule has 0 radical (unpaired) electrons. The second-order valence-corrected chi connectivity index (χ2v) is 4.14. The molecule has 5 heteroatoms. The average Bonchev–Trinajstić information content (AvgIpc) is 2.39. The van der Waals surface area contributed by atoms with Gasteiger partial charge in [-0.25, -0.2) is 0 Å². The van der Waals surface area contributed by atoms with Gasteiger partial charge in [0.25, 0.3) is 5.91 Å². The Morgan fingerprint density at radius 2 is 2.22 bits per heavy atom. The standard InChI is InChI=1S/C13H21N3O2/c1-3-16(7-4-8-17)13(18)12-6-5-11(15-14)9-10(12)2/h5-6,9,15,17H,3-4,7-8,14H2,1-2H3. The molecule has 0 spiro atoms. The highest BCUT2D eigenvalue weighted by atomic mass is 16.3. The predicted octanol–water partition coefficient (Wildman–Crippen LogP) is 1.13. The van der Waals surface area contributed by atoms with E-state index in [1.807, 2.05) is 19.9 Å². The fraction of sp³-hybridized carbons (Fsp3) is 0.462. The molecule has 0 aliphatic carbocycles. The number of carbonyl (C=O) groups excluding carboxylic acids is 1. The van der Waals surface area contributed by atoms with Crippen LogP contribution in [0.4, 0.5) is 5.69 Å². The number of hydrogen-bond donors (Lipinski definition) is 3. The summed E-state index contributed by atoms with van der Waals surface area (Å²) in [6.45, 7) is 5.12. The Balaban J connectivity index is 2.87. The van der Waals surface area contributed by atoms with Crippen molar-refractivity contribution in [2.45, 2.75) is 20.3 Å². The molecule has 0 saturated carbocycles. The van der Waals surface area contributed by atoms with Gasteiger partial charge in [0.1, 0.15) is 0 Å². The Morgan fingerprint density at radius 3 is 2.72 bits per heavy atom. The number of anilines is 1. The lowest BCUT2D eigenvalue weighted by Gasteiger charge is -2.21. The molecule has 4 N–H and O–H groups in total. The van der Waals surface area contributed by atoms with Crippen LogP contribution >= 0.6 is 0 Å². The fourth-order valence-electron chi connectivity index (χ4n) is 1.83. The number of amides is 1. The van der Waals surface area contributed by atoms with Crippen molar-refractivity contribution in [3.05, 3.63) is 29.3 Å². The molecule has 100 valence electrons. The monoisotopic (exact) mass is 251 g/mol. The van der Waals surface area contributed by atoms with E-state index in [9.17, 15) is 4.79 Å². The van der Waals surface area contributed by atoms with Crippen molar-refractivity contribution in [3.63, 3.8) is 0 Å². The molecule has 0 unspecified atom stereocenters. The number of nitrogens with two attached hydrogens (primary N) is 1. The van der Waals surface area contributed by atoms with Crippen molar-refractivity contribution in [2.75, 3.05) is 25.1 Å². The number of aliphatic hydroxyl groups excluding tert-OH is 1. The van der Waals surface area contributed by atoms with Crippen molar-refractivity contribution >= 4 is 11.6 Å². The van der Waals surface area contributed by atoms with Gasteiger partial charge in [0.15, 0.2) is 0 Å². The zero-order chi connectivity index (χ0) is 13.5. The summed E-state index contributed by atoms with van der Waals surface area (Å²) in [6, 6.07) is 5.39. The van der Waals surface area contributed by atoms with Gasteiger partial charge >= 0.3 is 0 Å². The Labute approximate surface area is 108 Å². The van der Waals surface area contributed by atoms with E-state index in [1.54, 1.807) is 17.0 Å². The van der Waals surface area contributed by atoms with Crippen molar-refractivity contribution in [1.82, 2.24) is 4.90 Å². The van der Waals surface area contributed by atoms with Crippen LogP contribution in [0.25, 0.3) is 0 Å². The summed E-state index contributed by atoms with van der Waals surface area (Å²) < 4.78 is 0. The molecule has 5 nitrogen and oxygen atoms in total. The van der Waals surface area contributed by atoms with Gasteiger partial charge in [0.05, 0.1) is 0 Å². The van der Waals surface area contributed by atoms with Crippen molar-refractivity contribution < 1.29 is 9.90 Å². The number of aryl methyl sites for hydroxylation is 1. The highest BCUT2D eigenvalue weighted by Crippen LogP contribution is 2.16. The Morgan fingerprint density at radius 1 is 1.50 bits per heavy atom. The van der Waals surface area contributed by atoms with Crippen molar-refractivity contribution in [2.24, 2.45) is 5.84 Å². The lowest BCUT2D eigenvalue weighted by Crippen LogP contribution is -2.32. The normalized spacial score (nSPS) is 10.2. The molecule has 0 heterocycles. The van der Waals surface area contributed by atoms with Crippen molar-refractivity contribution in [1.29, 1.82) is 0 Å². The number of nitrogens with zero attached hydrogens (tertiary/aromatic N) is 1. The molecular formula is C13H21N3O2. The zero-order valence-electron chi connectivity index (χ0n) is 10.9. The lowest BCUT2D eigenvalue weighted by atomic mass is 10.1. The molecule has 1 amide bonds. The number of carbonyl (C=O) groups is 1. The molecule has 0 fully saturated rings. The third-order valence-corrected chi connectivity index (χ3v) is 2.88. The number of hydrogen-bond acceptors (Lipinski definition) is 4. The zero-order valence-corrected chi connectivity index (χ0v) is 10.9. The maximum absolute atomic E-state index is 12.3. The minimum atomic E-state index is -0.00739. The maximum atomic E-state index is 12.3. The molecule has 0 atom stereocenters. The van der Waals surface area contributed by atoms with Gasteiger partial charge in [-0.15, -0.1) is 0 Å². The van der Waals surface area contributed by atoms with Gasteiger partial charge < -0.3 is 15.4 Å². The smallest absolute Gasteiger partial charge is 0.254 e. The van der Waals surface area contributed by atoms with Gasteiger partial charge in [0, 0.05) is 30.9 Å². The van der Waals surface area contributed by atoms with Gasteiger partial charge in [-0.3, -0.25) is 10.6 Å². The third-order valence-electron chi connectivity index (χ3n) is 2.88. The Kier molecular flexibility index (Phi) is 5.61. The molecule has 0 aliphatic heterocycles. The van der Waals surface area contributed by atoms with Crippen LogP contribution in [0.15, 0.2) is 18.2 Å². The average molecular weight is 251 g/mol. The summed E-state index contributed by atoms with van der Waals surface area (Å²) >= 11 is 0. The van der Waals surface area contributed by atoms with Crippen LogP contribution in [0, 0.1) is 6.92 Å². The number of hydrazine groups is 1. The molecule has 1 aromatic carbocycles. The summed E-state index contributed by atoms with van der Waals surface area (Å²) in [5.41, 5.74) is 4.90. The number of nitrogen functional groups attached to an aromatic ring is 1. The predicted molar refractivity (Wildman–Crippen MR) is 72.3 cm³/mol. The van der Waals surface area contributed by atoms with Gasteiger partial charge in [-0.2, -0.15) is 0 Å². The van der Waals surface area contributed by atoms with E-state index in [0.29, 0.717) is 25.1 Å². The number of aliphatic hydroxyl groups is 1. The summed E-state index contributed by atoms with van der Waals surface area (Å²) in [5.74, 6) is 5.32. The molecule has 0 aromatic heterocycles. The Bertz CT molecular complexity index is 407. The molecule has 1 rings (SSSR count). The summed E-state index contributed by atoms with van der Waals surface area (Å²) in [6.07, 6.45) is 0.598. The second-order valence-electron chi connectivity index (χ2n) is 4.14. The molecule has 0 saturated heterocycles. The van der Waals surface area contributed by atoms with Crippen LogP contribution in [0.3, 0.4) is 0 Å². The van der Waals surface area contributed by atoms with E-state index in [4.69, 9.17) is 10.9 Å². The highest BCUT2D eigenvalue weighted by Gasteiger charge is 2.15. The molecule has 18 heavy (non-hydrogen) atoms. The molecular weight excluding hydrogens is 230 g/mol. The number of nitrogens with one attached hydrogen (secondary N) is 1. The van der Waals surface area contributed by atoms with E-state index >= 15 is 0 Å². The topological polar surface area (TPSA) is 78.6 Å². The first kappa shape index (κ1) is 14.5. The number of rotatable bonds is 6. The van der Waals surface area contributed by atoms with Crippen LogP contribution in [-0.4, -0.2) is 35.6 Å². The Hall–Kier alpha value is -1.59. The SMILES string of the molecule is CCN(CCCO)C(=O)c1ccc(NN)cc1C. The van der Waals surface area contributed by atoms with E-state index in [2.05, 4.69) is 5.43 Å². The summed E-state index contributed by atoms with van der Waals surface area (Å²) in [7, 11) is 0. The van der Waals surface area contributed by atoms with Crippen LogP contribution < -0.4 is 11.3 Å². The quantitative estimate of drug-likeness (QED) is 0.523. The lowest BCUT2D eigenvalue weighted by molar-refractivity contribution is 0.0753. The highest BCUT2D eigenvalue weighted by molar-refractivity contribution is 5.96. The van der Waals surface area contributed by atoms with Gasteiger partial charge in [-0.1, -0.05) is 0 Å². The van der Waals surface area contributed by atoms with E-state index in [-0.39, 0.29) is 12.5 Å². The van der Waals surface area contributed by atoms with Gasteiger partial charge in [0.2, 0.25) is 0 Å². The van der Waals surface area contributed by atoms with Gasteiger partial charge in [-0.05, 0) is 44.0 Å². The second kappa shape index (κ2) is 6.98. The first-order valence-corrected chi connectivity index (χ1v) is 6.11. The van der Waals surface area contributed by atoms with E-state index in [0.717, 1.165) is 11.3 Å². The van der Waals surface area contributed by atoms with Crippen LogP contribution in [0.2, 0.25) is 0 Å². The first-order valence-electron chi connectivity index (χ1n) is 6.11. The summed E-state index contributed by atoms with van der Waals surface area (Å²) in [5, 5.41) is 8.83. The van der Waals surface area contributed by atoms with Crippen molar-refractivity contribution in [3.8, 4) is 0 Å². The van der Waals surface area contributed by atoms with Crippen LogP contribution in [0.1, 0.15) is 29.3 Å². The number of benzene rings is 1. The molecule has 0 aliphatic rings. The third kappa shape index (κ3) is 3.45.